The van der Waals surface area contributed by atoms with Crippen LogP contribution in [-0.2, 0) is 9.13 Å². The molecular formula is C7H9ClNa2O6P2S. The number of hydrogen-bond donors (Lipinski definition) is 4. The predicted molar refractivity (Wildman–Crippen MR) is 76.7 cm³/mol. The first kappa shape index (κ1) is 23.4. The topological polar surface area (TPSA) is 115 Å². The molecule has 0 heterocycles. The van der Waals surface area contributed by atoms with E-state index in [4.69, 9.17) is 31.2 Å². The minimum atomic E-state index is -4.91. The Bertz CT molecular complexity index is 467. The van der Waals surface area contributed by atoms with Gasteiger partial charge in [0, 0.05) is 69.0 Å². The summed E-state index contributed by atoms with van der Waals surface area (Å²) in [6.07, 6.45) is 0. The quantitative estimate of drug-likeness (QED) is 0.362. The van der Waals surface area contributed by atoms with Crippen LogP contribution in [0.25, 0.3) is 0 Å². The zero-order chi connectivity index (χ0) is 13.3. The maximum Gasteiger partial charge on any atom is 0.351 e. The van der Waals surface area contributed by atoms with E-state index in [1.165, 1.54) is 24.3 Å². The van der Waals surface area contributed by atoms with E-state index >= 15 is 0 Å². The van der Waals surface area contributed by atoms with E-state index < -0.39 is 19.9 Å². The number of thioether (sulfide) groups is 1. The Morgan fingerprint density at radius 3 is 1.63 bits per heavy atom. The third kappa shape index (κ3) is 8.38. The molecule has 0 saturated heterocycles. The summed E-state index contributed by atoms with van der Waals surface area (Å²) in [5.74, 6) is 0. The Morgan fingerprint density at radius 1 is 0.947 bits per heavy atom. The third-order valence-electron chi connectivity index (χ3n) is 1.63. The molecule has 0 aromatic heterocycles. The van der Waals surface area contributed by atoms with Gasteiger partial charge in [0.2, 0.25) is 4.73 Å². The molecule has 6 nitrogen and oxygen atoms in total. The molecule has 0 unspecified atom stereocenters. The molecule has 0 fully saturated rings. The van der Waals surface area contributed by atoms with Crippen LogP contribution >= 0.6 is 38.6 Å². The van der Waals surface area contributed by atoms with Crippen LogP contribution in [0.15, 0.2) is 29.2 Å². The van der Waals surface area contributed by atoms with Gasteiger partial charge in [-0.05, 0) is 24.3 Å². The van der Waals surface area contributed by atoms with Crippen LogP contribution in [0.3, 0.4) is 0 Å². The Balaban J connectivity index is 0. The molecule has 0 saturated carbocycles. The summed E-state index contributed by atoms with van der Waals surface area (Å²) < 4.78 is 19.9. The van der Waals surface area contributed by atoms with Gasteiger partial charge in [0.1, 0.15) is 0 Å². The van der Waals surface area contributed by atoms with Crippen molar-refractivity contribution in [3.63, 3.8) is 0 Å². The summed E-state index contributed by atoms with van der Waals surface area (Å²) in [6.45, 7) is 0. The van der Waals surface area contributed by atoms with Crippen molar-refractivity contribution in [2.45, 2.75) is 9.63 Å². The van der Waals surface area contributed by atoms with Gasteiger partial charge in [0.15, 0.2) is 0 Å². The summed E-state index contributed by atoms with van der Waals surface area (Å²) in [7, 11) is -9.82. The number of benzene rings is 1. The van der Waals surface area contributed by atoms with Crippen LogP contribution in [0.5, 0.6) is 0 Å². The normalized spacial score (nSPS) is 11.7. The zero-order valence-electron chi connectivity index (χ0n) is 10.2. The maximum absolute atomic E-state index is 11.0. The van der Waals surface area contributed by atoms with Crippen molar-refractivity contribution in [3.8, 4) is 0 Å². The van der Waals surface area contributed by atoms with Crippen LogP contribution < -0.4 is 0 Å². The molecule has 4 N–H and O–H groups in total. The van der Waals surface area contributed by atoms with Crippen LogP contribution in [0.1, 0.15) is 0 Å². The van der Waals surface area contributed by atoms with Gasteiger partial charge in [-0.25, -0.2) is 0 Å². The molecule has 0 aliphatic heterocycles. The molecule has 0 aliphatic carbocycles. The molecule has 12 heteroatoms. The Hall–Kier alpha value is 2.16. The van der Waals surface area contributed by atoms with Gasteiger partial charge >= 0.3 is 15.2 Å². The van der Waals surface area contributed by atoms with Crippen molar-refractivity contribution >= 4 is 97.7 Å². The van der Waals surface area contributed by atoms with Crippen molar-refractivity contribution < 1.29 is 28.7 Å². The molecule has 1 aromatic carbocycles. The Labute approximate surface area is 163 Å². The van der Waals surface area contributed by atoms with Crippen LogP contribution in [0.2, 0.25) is 5.02 Å². The summed E-state index contributed by atoms with van der Waals surface area (Å²) in [6, 6.07) is 5.76. The largest absolute Gasteiger partial charge is 0.351 e. The molecule has 1 aromatic rings. The van der Waals surface area contributed by atoms with Crippen molar-refractivity contribution in [1.82, 2.24) is 0 Å². The summed E-state index contributed by atoms with van der Waals surface area (Å²) in [4.78, 5) is 35.9. The molecule has 19 heavy (non-hydrogen) atoms. The van der Waals surface area contributed by atoms with E-state index in [9.17, 15) is 9.13 Å². The van der Waals surface area contributed by atoms with Crippen LogP contribution in [0, 0.1) is 0 Å². The summed E-state index contributed by atoms with van der Waals surface area (Å²) >= 11 is 6.04. The van der Waals surface area contributed by atoms with Crippen LogP contribution in [0.4, 0.5) is 0 Å². The van der Waals surface area contributed by atoms with Gasteiger partial charge in [-0.1, -0.05) is 23.4 Å². The minimum absolute atomic E-state index is 0. The molecule has 0 spiro atoms. The third-order valence-corrected chi connectivity index (χ3v) is 7.87. The molecule has 1 rings (SSSR count). The molecule has 98 valence electrons. The van der Waals surface area contributed by atoms with E-state index in [1.54, 1.807) is 0 Å². The Kier molecular flexibility index (Phi) is 11.5. The smallest absolute Gasteiger partial charge is 0.323 e. The van der Waals surface area contributed by atoms with E-state index in [1.807, 2.05) is 0 Å². The fraction of sp³-hybridized carbons (Fsp3) is 0.143. The van der Waals surface area contributed by atoms with Gasteiger partial charge in [-0.3, -0.25) is 9.13 Å². The van der Waals surface area contributed by atoms with Crippen molar-refractivity contribution in [2.24, 2.45) is 0 Å². The SMILES string of the molecule is O=P(O)(O)C(Sc1ccc(Cl)cc1)P(=O)(O)O.[Na].[Na]. The maximum atomic E-state index is 11.0. The predicted octanol–water partition coefficient (Wildman–Crippen LogP) is 1.31. The summed E-state index contributed by atoms with van der Waals surface area (Å²) in [5.41, 5.74) is 0. The molecule has 0 amide bonds. The van der Waals surface area contributed by atoms with Gasteiger partial charge in [-0.15, -0.1) is 0 Å². The average molecular weight is 365 g/mol. The van der Waals surface area contributed by atoms with Gasteiger partial charge in [-0.2, -0.15) is 0 Å². The van der Waals surface area contributed by atoms with Gasteiger partial charge in [0.25, 0.3) is 0 Å². The Morgan fingerprint density at radius 2 is 1.32 bits per heavy atom. The van der Waals surface area contributed by atoms with Crippen LogP contribution in [-0.4, -0.2) is 83.4 Å². The van der Waals surface area contributed by atoms with Crippen molar-refractivity contribution in [2.75, 3.05) is 0 Å². The second-order valence-corrected chi connectivity index (χ2v) is 9.19. The number of rotatable bonds is 4. The van der Waals surface area contributed by atoms with E-state index in [2.05, 4.69) is 0 Å². The fourth-order valence-corrected chi connectivity index (χ4v) is 5.03. The first-order valence-electron chi connectivity index (χ1n) is 4.13. The number of halogens is 1. The first-order chi connectivity index (χ1) is 7.60. The monoisotopic (exact) mass is 364 g/mol. The van der Waals surface area contributed by atoms with E-state index in [0.717, 1.165) is 0 Å². The molecule has 0 bridgehead atoms. The molecular weight excluding hydrogens is 356 g/mol. The standard InChI is InChI=1S/C7H9ClO6P2S.2Na/c8-5-1-3-6(4-2-5)17-7(15(9,10)11)16(12,13)14;;/h1-4,7H,(H2,9,10,11)(H2,12,13,14);;. The minimum Gasteiger partial charge on any atom is -0.323 e. The first-order valence-corrected chi connectivity index (χ1v) is 8.75. The van der Waals surface area contributed by atoms with E-state index in [0.29, 0.717) is 21.7 Å². The average Bonchev–Trinajstić information content (AvgIpc) is 2.13. The van der Waals surface area contributed by atoms with Crippen molar-refractivity contribution in [3.05, 3.63) is 29.3 Å². The molecule has 0 atom stereocenters. The number of hydrogen-bond acceptors (Lipinski definition) is 3. The fourth-order valence-electron chi connectivity index (χ4n) is 0.968. The molecule has 0 aliphatic rings. The molecule has 2 radical (unpaired) electrons. The van der Waals surface area contributed by atoms with E-state index in [-0.39, 0.29) is 59.1 Å². The van der Waals surface area contributed by atoms with Gasteiger partial charge in [0.05, 0.1) is 0 Å². The van der Waals surface area contributed by atoms with Gasteiger partial charge < -0.3 is 19.6 Å². The zero-order valence-corrected chi connectivity index (χ0v) is 17.5. The second kappa shape index (κ2) is 9.33. The second-order valence-electron chi connectivity index (χ2n) is 3.08. The summed E-state index contributed by atoms with van der Waals surface area (Å²) in [5, 5.41) is 0.415. The van der Waals surface area contributed by atoms with Crippen molar-refractivity contribution in [1.29, 1.82) is 0 Å².